The van der Waals surface area contributed by atoms with E-state index in [1.54, 1.807) is 6.07 Å². The highest BCUT2D eigenvalue weighted by atomic mass is 127. The first-order valence-electron chi connectivity index (χ1n) is 6.51. The summed E-state index contributed by atoms with van der Waals surface area (Å²) in [6, 6.07) is 7.63. The average Bonchev–Trinajstić information content (AvgIpc) is 2.51. The number of halogens is 1. The van der Waals surface area contributed by atoms with E-state index in [0.717, 1.165) is 24.8 Å². The monoisotopic (exact) mass is 354 g/mol. The van der Waals surface area contributed by atoms with Crippen LogP contribution in [-0.2, 0) is 4.79 Å². The van der Waals surface area contributed by atoms with Crippen LogP contribution in [0.15, 0.2) is 24.3 Å². The molecule has 0 saturated heterocycles. The molecule has 2 aliphatic carbocycles. The van der Waals surface area contributed by atoms with Crippen molar-refractivity contribution in [3.05, 3.63) is 35.4 Å². The lowest BCUT2D eigenvalue weighted by Gasteiger charge is -2.31. The zero-order valence-corrected chi connectivity index (χ0v) is 12.2. The van der Waals surface area contributed by atoms with E-state index in [-0.39, 0.29) is 17.5 Å². The van der Waals surface area contributed by atoms with Crippen molar-refractivity contribution < 1.29 is 9.59 Å². The Morgan fingerprint density at radius 3 is 2.61 bits per heavy atom. The van der Waals surface area contributed by atoms with Crippen molar-refractivity contribution in [3.63, 3.8) is 0 Å². The van der Waals surface area contributed by atoms with Crippen molar-refractivity contribution in [2.45, 2.75) is 29.6 Å². The maximum atomic E-state index is 12.3. The Bertz CT molecular complexity index is 509. The van der Waals surface area contributed by atoms with E-state index in [1.807, 2.05) is 18.2 Å². The lowest BCUT2D eigenvalue weighted by Crippen LogP contribution is -2.31. The minimum Gasteiger partial charge on any atom is -0.290 e. The second-order valence-corrected chi connectivity index (χ2v) is 6.58. The Balaban J connectivity index is 2.13. The number of fused-ring (bicyclic) bond motifs is 2. The molecule has 1 aromatic rings. The van der Waals surface area contributed by atoms with Gasteiger partial charge in [-0.2, -0.15) is 0 Å². The van der Waals surface area contributed by atoms with Gasteiger partial charge in [0.2, 0.25) is 11.6 Å². The Morgan fingerprint density at radius 2 is 1.78 bits per heavy atom. The van der Waals surface area contributed by atoms with Crippen molar-refractivity contribution in [2.24, 2.45) is 11.8 Å². The van der Waals surface area contributed by atoms with Crippen molar-refractivity contribution >= 4 is 34.2 Å². The fraction of sp³-hybridized carbons (Fsp3) is 0.467. The number of carbonyl (C=O) groups excluding carboxylic acids is 2. The molecule has 3 heteroatoms. The predicted molar refractivity (Wildman–Crippen MR) is 78.0 cm³/mol. The van der Waals surface area contributed by atoms with E-state index in [0.29, 0.717) is 15.4 Å². The standard InChI is InChI=1S/C15H15IO2/c16-13-9-5-1-3-7-11(9)14(17)15(18)12-8-4-2-6-10(12)13/h1,3,5,7,10,12-13H,2,4,6,8H2. The quantitative estimate of drug-likeness (QED) is 0.404. The molecule has 18 heavy (non-hydrogen) atoms. The van der Waals surface area contributed by atoms with Crippen LogP contribution in [0.2, 0.25) is 0 Å². The Hall–Kier alpha value is -0.710. The minimum atomic E-state index is -0.262. The lowest BCUT2D eigenvalue weighted by molar-refractivity contribution is -0.121. The van der Waals surface area contributed by atoms with Gasteiger partial charge in [0, 0.05) is 15.4 Å². The molecule has 2 nitrogen and oxygen atoms in total. The van der Waals surface area contributed by atoms with Crippen LogP contribution in [0.25, 0.3) is 0 Å². The van der Waals surface area contributed by atoms with E-state index >= 15 is 0 Å². The number of alkyl halides is 1. The van der Waals surface area contributed by atoms with Gasteiger partial charge in [0.15, 0.2) is 0 Å². The molecule has 1 saturated carbocycles. The second kappa shape index (κ2) is 4.76. The molecule has 0 N–H and O–H groups in total. The Kier molecular flexibility index (Phi) is 3.26. The van der Waals surface area contributed by atoms with Crippen molar-refractivity contribution in [2.75, 3.05) is 0 Å². The molecule has 0 spiro atoms. The van der Waals surface area contributed by atoms with Crippen molar-refractivity contribution in [1.82, 2.24) is 0 Å². The van der Waals surface area contributed by atoms with Crippen LogP contribution >= 0.6 is 22.6 Å². The molecule has 0 radical (unpaired) electrons. The van der Waals surface area contributed by atoms with Crippen LogP contribution in [-0.4, -0.2) is 11.6 Å². The summed E-state index contributed by atoms with van der Waals surface area (Å²) in [5.41, 5.74) is 1.70. The molecule has 0 bridgehead atoms. The number of Topliss-reactive ketones (excluding diaryl/α,β-unsaturated/α-hetero) is 2. The average molecular weight is 354 g/mol. The molecule has 2 aliphatic rings. The summed E-state index contributed by atoms with van der Waals surface area (Å²) in [5.74, 6) is -0.104. The number of benzene rings is 1. The van der Waals surface area contributed by atoms with E-state index in [4.69, 9.17) is 0 Å². The van der Waals surface area contributed by atoms with Crippen LogP contribution in [0.4, 0.5) is 0 Å². The van der Waals surface area contributed by atoms with Gasteiger partial charge in [-0.1, -0.05) is 59.7 Å². The third kappa shape index (κ3) is 1.83. The molecular formula is C15H15IO2. The summed E-state index contributed by atoms with van der Waals surface area (Å²) in [5, 5.41) is 0. The molecule has 0 aromatic heterocycles. The first-order valence-corrected chi connectivity index (χ1v) is 7.76. The highest BCUT2D eigenvalue weighted by molar-refractivity contribution is 14.1. The normalized spacial score (nSPS) is 31.5. The summed E-state index contributed by atoms with van der Waals surface area (Å²) >= 11 is 2.42. The van der Waals surface area contributed by atoms with Gasteiger partial charge in [0.1, 0.15) is 0 Å². The molecule has 0 aliphatic heterocycles. The minimum absolute atomic E-state index is 0.0412. The maximum absolute atomic E-state index is 12.3. The molecule has 0 heterocycles. The van der Waals surface area contributed by atoms with Crippen LogP contribution < -0.4 is 0 Å². The molecule has 3 unspecified atom stereocenters. The molecule has 3 atom stereocenters. The molecule has 0 amide bonds. The number of carbonyl (C=O) groups is 2. The first-order chi connectivity index (χ1) is 8.70. The van der Waals surface area contributed by atoms with Gasteiger partial charge < -0.3 is 0 Å². The number of hydrogen-bond donors (Lipinski definition) is 0. The number of ketones is 2. The van der Waals surface area contributed by atoms with Gasteiger partial charge in [-0.15, -0.1) is 0 Å². The molecular weight excluding hydrogens is 339 g/mol. The maximum Gasteiger partial charge on any atom is 0.229 e. The van der Waals surface area contributed by atoms with Crippen molar-refractivity contribution in [3.8, 4) is 0 Å². The molecule has 1 fully saturated rings. The number of hydrogen-bond acceptors (Lipinski definition) is 2. The van der Waals surface area contributed by atoms with Crippen molar-refractivity contribution in [1.29, 1.82) is 0 Å². The van der Waals surface area contributed by atoms with Crippen LogP contribution in [0.3, 0.4) is 0 Å². The predicted octanol–water partition coefficient (Wildman–Crippen LogP) is 3.73. The Labute approximate surface area is 120 Å². The molecule has 3 rings (SSSR count). The van der Waals surface area contributed by atoms with Gasteiger partial charge in [-0.25, -0.2) is 0 Å². The zero-order chi connectivity index (χ0) is 12.7. The summed E-state index contributed by atoms with van der Waals surface area (Å²) in [6.45, 7) is 0. The van der Waals surface area contributed by atoms with E-state index in [9.17, 15) is 9.59 Å². The van der Waals surface area contributed by atoms with Gasteiger partial charge in [-0.05, 0) is 24.3 Å². The summed E-state index contributed by atoms with van der Waals surface area (Å²) in [6.07, 6.45) is 4.23. The van der Waals surface area contributed by atoms with Gasteiger partial charge in [0.05, 0.1) is 0 Å². The third-order valence-electron chi connectivity index (χ3n) is 4.26. The zero-order valence-electron chi connectivity index (χ0n) is 10.1. The van der Waals surface area contributed by atoms with E-state index < -0.39 is 0 Å². The molecule has 1 aromatic carbocycles. The van der Waals surface area contributed by atoms with Crippen LogP contribution in [0.5, 0.6) is 0 Å². The highest BCUT2D eigenvalue weighted by Gasteiger charge is 2.42. The van der Waals surface area contributed by atoms with Crippen LogP contribution in [0, 0.1) is 11.8 Å². The van der Waals surface area contributed by atoms with Gasteiger partial charge in [0.25, 0.3) is 0 Å². The Morgan fingerprint density at radius 1 is 1.06 bits per heavy atom. The summed E-state index contributed by atoms with van der Waals surface area (Å²) in [7, 11) is 0. The fourth-order valence-corrected chi connectivity index (χ4v) is 4.72. The molecule has 94 valence electrons. The topological polar surface area (TPSA) is 34.1 Å². The SMILES string of the molecule is O=C1C(=O)C2CCCCC2C(I)c2ccccc21. The second-order valence-electron chi connectivity index (χ2n) is 5.24. The van der Waals surface area contributed by atoms with Gasteiger partial charge >= 0.3 is 0 Å². The fourth-order valence-electron chi connectivity index (χ4n) is 3.31. The smallest absolute Gasteiger partial charge is 0.229 e. The van der Waals surface area contributed by atoms with E-state index in [2.05, 4.69) is 22.6 Å². The summed E-state index contributed by atoms with van der Waals surface area (Å²) < 4.78 is 0.291. The largest absolute Gasteiger partial charge is 0.290 e. The van der Waals surface area contributed by atoms with Crippen LogP contribution in [0.1, 0.15) is 45.5 Å². The highest BCUT2D eigenvalue weighted by Crippen LogP contribution is 2.47. The van der Waals surface area contributed by atoms with Gasteiger partial charge in [-0.3, -0.25) is 9.59 Å². The summed E-state index contributed by atoms with van der Waals surface area (Å²) in [4.78, 5) is 24.6. The third-order valence-corrected chi connectivity index (χ3v) is 5.85. The lowest BCUT2D eigenvalue weighted by atomic mass is 9.75. The first kappa shape index (κ1) is 12.3. The number of rotatable bonds is 0. The van der Waals surface area contributed by atoms with E-state index in [1.165, 1.54) is 6.42 Å².